The maximum Gasteiger partial charge on any atom is 0.250 e. The maximum atomic E-state index is 5.62. The zero-order valence-electron chi connectivity index (χ0n) is 10.8. The van der Waals surface area contributed by atoms with Crippen molar-refractivity contribution in [2.75, 3.05) is 0 Å². The number of hydrogen-bond acceptors (Lipinski definition) is 6. The summed E-state index contributed by atoms with van der Waals surface area (Å²) in [4.78, 5) is 21.8. The van der Waals surface area contributed by atoms with Crippen LogP contribution in [0.5, 0.6) is 0 Å². The molecule has 0 N–H and O–H groups in total. The van der Waals surface area contributed by atoms with Crippen molar-refractivity contribution < 1.29 is 0 Å². The lowest BCUT2D eigenvalue weighted by atomic mass is 10.5. The van der Waals surface area contributed by atoms with Gasteiger partial charge in [-0.2, -0.15) is 0 Å². The van der Waals surface area contributed by atoms with Crippen molar-refractivity contribution in [2.45, 2.75) is 11.4 Å². The smallest absolute Gasteiger partial charge is 0.225 e. The summed E-state index contributed by atoms with van der Waals surface area (Å²) in [5.41, 5.74) is 0. The van der Waals surface area contributed by atoms with Gasteiger partial charge in [0.1, 0.15) is 19.0 Å². The van der Waals surface area contributed by atoms with Gasteiger partial charge in [0.15, 0.2) is 17.5 Å². The van der Waals surface area contributed by atoms with E-state index in [4.69, 9.17) is 104 Å². The summed E-state index contributed by atoms with van der Waals surface area (Å²) in [6, 6.07) is 0. The van der Waals surface area contributed by atoms with Crippen LogP contribution < -0.4 is 0 Å². The Hall–Kier alpha value is 0.630. The van der Waals surface area contributed by atoms with E-state index in [1.54, 1.807) is 0 Å². The number of hydrogen-bond donors (Lipinski definition) is 0. The molecule has 0 atom stereocenters. The Balaban J connectivity index is 0.000000400. The average molecular weight is 514 g/mol. The van der Waals surface area contributed by atoms with Crippen LogP contribution in [0.15, 0.2) is 19.0 Å². The molecule has 0 fully saturated rings. The highest BCUT2D eigenvalue weighted by Crippen LogP contribution is 2.43. The number of nitrogens with zero attached hydrogens (tertiary/aromatic N) is 6. The SMILES string of the molecule is ClC(Cl)(Cl)c1nc(C(Cl)(Cl)Cl)nc(C(Cl)(Cl)Cl)n1.c1ncncn1. The van der Waals surface area contributed by atoms with Gasteiger partial charge in [0.2, 0.25) is 11.4 Å². The molecule has 0 aliphatic carbocycles. The second-order valence-electron chi connectivity index (χ2n) is 3.59. The number of alkyl halides is 9. The van der Waals surface area contributed by atoms with Gasteiger partial charge in [0, 0.05) is 0 Å². The molecule has 0 bridgehead atoms. The monoisotopic (exact) mass is 510 g/mol. The lowest BCUT2D eigenvalue weighted by molar-refractivity contribution is 0.789. The van der Waals surface area contributed by atoms with Gasteiger partial charge < -0.3 is 0 Å². The maximum absolute atomic E-state index is 5.62. The molecular weight excluding hydrogens is 511 g/mol. The van der Waals surface area contributed by atoms with Crippen LogP contribution >= 0.6 is 104 Å². The average Bonchev–Trinajstić information content (AvgIpc) is 2.46. The van der Waals surface area contributed by atoms with Gasteiger partial charge in [-0.3, -0.25) is 0 Å². The molecule has 0 aliphatic heterocycles. The first-order valence-corrected chi connectivity index (χ1v) is 8.74. The van der Waals surface area contributed by atoms with Crippen LogP contribution in [0.1, 0.15) is 17.5 Å². The quantitative estimate of drug-likeness (QED) is 0.449. The summed E-state index contributed by atoms with van der Waals surface area (Å²) in [6.07, 6.45) is 4.31. The lowest BCUT2D eigenvalue weighted by Crippen LogP contribution is -2.21. The van der Waals surface area contributed by atoms with Crippen LogP contribution in [0.3, 0.4) is 0 Å². The normalized spacial score (nSPS) is 12.4. The van der Waals surface area contributed by atoms with Crippen molar-refractivity contribution in [1.29, 1.82) is 0 Å². The Morgan fingerprint density at radius 1 is 0.458 bits per heavy atom. The molecule has 0 saturated heterocycles. The van der Waals surface area contributed by atoms with E-state index in [2.05, 4.69) is 29.9 Å². The van der Waals surface area contributed by atoms with Crippen LogP contribution in [0.25, 0.3) is 0 Å². The largest absolute Gasteiger partial charge is 0.250 e. The summed E-state index contributed by atoms with van der Waals surface area (Å²) < 4.78 is -5.96. The van der Waals surface area contributed by atoms with Gasteiger partial charge in [0.05, 0.1) is 0 Å². The number of aromatic nitrogens is 6. The summed E-state index contributed by atoms with van der Waals surface area (Å²) in [7, 11) is 0. The molecule has 0 unspecified atom stereocenters. The van der Waals surface area contributed by atoms with Crippen molar-refractivity contribution in [2.24, 2.45) is 0 Å². The summed E-state index contributed by atoms with van der Waals surface area (Å²) in [5, 5.41) is 0. The van der Waals surface area contributed by atoms with Gasteiger partial charge in [-0.25, -0.2) is 29.9 Å². The van der Waals surface area contributed by atoms with E-state index in [1.165, 1.54) is 19.0 Å². The Labute approximate surface area is 181 Å². The van der Waals surface area contributed by atoms with E-state index >= 15 is 0 Å². The van der Waals surface area contributed by atoms with Crippen molar-refractivity contribution in [3.63, 3.8) is 0 Å². The second-order valence-corrected chi connectivity index (χ2v) is 10.4. The first kappa shape index (κ1) is 22.7. The predicted molar refractivity (Wildman–Crippen MR) is 97.4 cm³/mol. The molecule has 0 spiro atoms. The topological polar surface area (TPSA) is 77.3 Å². The number of halogens is 9. The molecule has 132 valence electrons. The molecule has 2 heterocycles. The molecule has 2 aromatic rings. The summed E-state index contributed by atoms with van der Waals surface area (Å²) >= 11 is 50.6. The molecule has 0 aromatic carbocycles. The van der Waals surface area contributed by atoms with Gasteiger partial charge in [-0.1, -0.05) is 104 Å². The van der Waals surface area contributed by atoms with Crippen LogP contribution in [0.4, 0.5) is 0 Å². The van der Waals surface area contributed by atoms with E-state index in [0.717, 1.165) is 0 Å². The standard InChI is InChI=1S/C6Cl9N3.C3H3N3/c7-4(8,9)1-16-2(5(10,11)12)18-3(17-1)6(13,14)15;1-4-2-6-3-5-1/h;1-3H. The van der Waals surface area contributed by atoms with Gasteiger partial charge in [-0.15, -0.1) is 0 Å². The molecular formula is C9H3Cl9N6. The molecule has 0 amide bonds. The highest BCUT2D eigenvalue weighted by molar-refractivity contribution is 6.68. The van der Waals surface area contributed by atoms with Crippen molar-refractivity contribution in [3.05, 3.63) is 36.5 Å². The first-order chi connectivity index (χ1) is 10.8. The highest BCUT2D eigenvalue weighted by Gasteiger charge is 2.37. The van der Waals surface area contributed by atoms with E-state index in [1.807, 2.05) is 0 Å². The predicted octanol–water partition coefficient (Wildman–Crippen LogP) is 5.22. The highest BCUT2D eigenvalue weighted by atomic mass is 35.6. The Kier molecular flexibility index (Phi) is 8.52. The molecule has 0 radical (unpaired) electrons. The fraction of sp³-hybridized carbons (Fsp3) is 0.333. The zero-order valence-corrected chi connectivity index (χ0v) is 17.6. The summed E-state index contributed by atoms with van der Waals surface area (Å²) in [6.45, 7) is 0. The zero-order chi connectivity index (χ0) is 18.6. The molecule has 2 aromatic heterocycles. The second kappa shape index (κ2) is 9.02. The minimum Gasteiger partial charge on any atom is -0.225 e. The Bertz CT molecular complexity index is 546. The number of rotatable bonds is 0. The third-order valence-corrected chi connectivity index (χ3v) is 3.32. The molecule has 0 aliphatic rings. The van der Waals surface area contributed by atoms with Crippen molar-refractivity contribution in [3.8, 4) is 0 Å². The van der Waals surface area contributed by atoms with Crippen molar-refractivity contribution in [1.82, 2.24) is 29.9 Å². The van der Waals surface area contributed by atoms with E-state index in [9.17, 15) is 0 Å². The minimum atomic E-state index is -1.99. The molecule has 2 rings (SSSR count). The fourth-order valence-electron chi connectivity index (χ4n) is 0.961. The van der Waals surface area contributed by atoms with Crippen LogP contribution in [0, 0.1) is 0 Å². The lowest BCUT2D eigenvalue weighted by Gasteiger charge is -2.17. The third kappa shape index (κ3) is 7.89. The van der Waals surface area contributed by atoms with Gasteiger partial charge in [-0.05, 0) is 0 Å². The Morgan fingerprint density at radius 2 is 0.667 bits per heavy atom. The van der Waals surface area contributed by atoms with E-state index in [0.29, 0.717) is 0 Å². The van der Waals surface area contributed by atoms with E-state index in [-0.39, 0.29) is 17.5 Å². The van der Waals surface area contributed by atoms with Gasteiger partial charge in [0.25, 0.3) is 0 Å². The Morgan fingerprint density at radius 3 is 0.792 bits per heavy atom. The van der Waals surface area contributed by atoms with Crippen LogP contribution in [-0.2, 0) is 11.4 Å². The fourth-order valence-corrected chi connectivity index (χ4v) is 1.72. The molecule has 6 nitrogen and oxygen atoms in total. The van der Waals surface area contributed by atoms with Crippen LogP contribution in [0.2, 0.25) is 0 Å². The minimum absolute atomic E-state index is 0.329. The van der Waals surface area contributed by atoms with E-state index < -0.39 is 11.4 Å². The van der Waals surface area contributed by atoms with Crippen molar-refractivity contribution >= 4 is 104 Å². The molecule has 15 heteroatoms. The molecule has 24 heavy (non-hydrogen) atoms. The molecule has 0 saturated carbocycles. The third-order valence-electron chi connectivity index (χ3n) is 1.80. The first-order valence-electron chi connectivity index (χ1n) is 5.34. The van der Waals surface area contributed by atoms with Gasteiger partial charge >= 0.3 is 0 Å². The van der Waals surface area contributed by atoms with Crippen LogP contribution in [-0.4, -0.2) is 29.9 Å². The summed E-state index contributed by atoms with van der Waals surface area (Å²) in [5.74, 6) is -0.986.